The second-order valence-corrected chi connectivity index (χ2v) is 14.6. The first-order chi connectivity index (χ1) is 28.2. The molecule has 0 saturated carbocycles. The molecular formula is C51H32N6. The van der Waals surface area contributed by atoms with Crippen LogP contribution >= 0.6 is 0 Å². The fourth-order valence-electron chi connectivity index (χ4n) is 9.07. The van der Waals surface area contributed by atoms with Crippen molar-refractivity contribution in [2.75, 3.05) is 0 Å². The first kappa shape index (κ1) is 31.5. The van der Waals surface area contributed by atoms with Gasteiger partial charge >= 0.3 is 0 Å². The van der Waals surface area contributed by atoms with Gasteiger partial charge in [0.1, 0.15) is 5.69 Å². The van der Waals surface area contributed by atoms with Crippen LogP contribution in [0.5, 0.6) is 0 Å². The van der Waals surface area contributed by atoms with Gasteiger partial charge in [-0.3, -0.25) is 5.41 Å². The number of rotatable bonds is 4. The first-order valence-corrected chi connectivity index (χ1v) is 19.2. The minimum absolute atomic E-state index is 0.137. The van der Waals surface area contributed by atoms with E-state index >= 15 is 0 Å². The molecule has 12 aromatic rings. The van der Waals surface area contributed by atoms with Crippen molar-refractivity contribution in [2.45, 2.75) is 0 Å². The molecule has 0 aliphatic heterocycles. The van der Waals surface area contributed by atoms with E-state index < -0.39 is 0 Å². The number of H-pyrrole nitrogens is 1. The van der Waals surface area contributed by atoms with Crippen LogP contribution < -0.4 is 5.49 Å². The monoisotopic (exact) mass is 728 g/mol. The molecular weight excluding hydrogens is 697 g/mol. The van der Waals surface area contributed by atoms with Crippen LogP contribution in [0, 0.1) is 5.41 Å². The van der Waals surface area contributed by atoms with Crippen LogP contribution in [0.4, 0.5) is 0 Å². The van der Waals surface area contributed by atoms with E-state index in [-0.39, 0.29) is 5.84 Å². The lowest BCUT2D eigenvalue weighted by atomic mass is 10.0. The third-order valence-electron chi connectivity index (χ3n) is 11.5. The SMILES string of the molecule is N=C(N=c1[nH]c2ccccc2nc1-c1cccc(-c2ccccc2)c1)c1ccccc1-n1c2cccc3c4ccccc4n4c5ccccc5c5ccc1c(c32)c54. The zero-order chi connectivity index (χ0) is 37.6. The molecule has 0 aliphatic carbocycles. The summed E-state index contributed by atoms with van der Waals surface area (Å²) in [6.07, 6.45) is 0. The molecule has 0 unspecified atom stereocenters. The van der Waals surface area contributed by atoms with E-state index in [1.165, 1.54) is 48.9 Å². The predicted molar refractivity (Wildman–Crippen MR) is 235 cm³/mol. The molecule has 0 bridgehead atoms. The minimum atomic E-state index is 0.137. The van der Waals surface area contributed by atoms with Gasteiger partial charge in [0.25, 0.3) is 0 Å². The average molecular weight is 729 g/mol. The van der Waals surface area contributed by atoms with Crippen molar-refractivity contribution in [1.82, 2.24) is 18.9 Å². The van der Waals surface area contributed by atoms with Crippen LogP contribution in [0.2, 0.25) is 0 Å². The molecule has 4 heterocycles. The topological polar surface area (TPSA) is 74.2 Å². The smallest absolute Gasteiger partial charge is 0.159 e. The lowest BCUT2D eigenvalue weighted by Gasteiger charge is -2.13. The number of amidine groups is 1. The molecule has 0 spiro atoms. The number of fused-ring (bicyclic) bond motifs is 7. The summed E-state index contributed by atoms with van der Waals surface area (Å²) >= 11 is 0. The molecule has 4 aromatic heterocycles. The van der Waals surface area contributed by atoms with Crippen molar-refractivity contribution in [3.8, 4) is 28.1 Å². The second kappa shape index (κ2) is 12.1. The Morgan fingerprint density at radius 1 is 0.509 bits per heavy atom. The van der Waals surface area contributed by atoms with Gasteiger partial charge in [-0.25, -0.2) is 9.98 Å². The van der Waals surface area contributed by atoms with Crippen LogP contribution in [-0.2, 0) is 0 Å². The first-order valence-electron chi connectivity index (χ1n) is 19.2. The number of hydrogen-bond donors (Lipinski definition) is 2. The zero-order valence-corrected chi connectivity index (χ0v) is 30.6. The third kappa shape index (κ3) is 4.61. The molecule has 8 aromatic carbocycles. The summed E-state index contributed by atoms with van der Waals surface area (Å²) in [6, 6.07) is 63.5. The van der Waals surface area contributed by atoms with Gasteiger partial charge in [-0.2, -0.15) is 0 Å². The quantitative estimate of drug-likeness (QED) is 0.137. The Morgan fingerprint density at radius 3 is 2.00 bits per heavy atom. The van der Waals surface area contributed by atoms with Crippen LogP contribution in [-0.4, -0.2) is 24.8 Å². The summed E-state index contributed by atoms with van der Waals surface area (Å²) in [5.74, 6) is 0.137. The maximum absolute atomic E-state index is 9.73. The van der Waals surface area contributed by atoms with E-state index in [1.54, 1.807) is 0 Å². The molecule has 0 atom stereocenters. The number of nitrogens with zero attached hydrogens (tertiary/aromatic N) is 4. The largest absolute Gasteiger partial charge is 0.337 e. The van der Waals surface area contributed by atoms with Crippen molar-refractivity contribution >= 4 is 76.8 Å². The molecule has 0 saturated heterocycles. The van der Waals surface area contributed by atoms with E-state index in [0.717, 1.165) is 44.4 Å². The molecule has 0 radical (unpaired) electrons. The van der Waals surface area contributed by atoms with Gasteiger partial charge in [0.2, 0.25) is 0 Å². The fourth-order valence-corrected chi connectivity index (χ4v) is 9.07. The summed E-state index contributed by atoms with van der Waals surface area (Å²) in [7, 11) is 0. The lowest BCUT2D eigenvalue weighted by molar-refractivity contribution is 1.13. The van der Waals surface area contributed by atoms with Crippen LogP contribution in [0.1, 0.15) is 5.56 Å². The number of hydrogen-bond acceptors (Lipinski definition) is 2. The molecule has 6 heteroatoms. The third-order valence-corrected chi connectivity index (χ3v) is 11.5. The Morgan fingerprint density at radius 2 is 1.14 bits per heavy atom. The van der Waals surface area contributed by atoms with E-state index in [1.807, 2.05) is 42.5 Å². The highest BCUT2D eigenvalue weighted by Crippen LogP contribution is 2.45. The van der Waals surface area contributed by atoms with Gasteiger partial charge in [-0.1, -0.05) is 127 Å². The van der Waals surface area contributed by atoms with Crippen molar-refractivity contribution in [3.05, 3.63) is 193 Å². The highest BCUT2D eigenvalue weighted by Gasteiger charge is 2.24. The Bertz CT molecular complexity index is 3660. The minimum Gasteiger partial charge on any atom is -0.337 e. The van der Waals surface area contributed by atoms with Crippen molar-refractivity contribution in [2.24, 2.45) is 4.99 Å². The molecule has 0 amide bonds. The Hall–Kier alpha value is -7.83. The molecule has 57 heavy (non-hydrogen) atoms. The van der Waals surface area contributed by atoms with Gasteiger partial charge in [0.05, 0.1) is 44.3 Å². The van der Waals surface area contributed by atoms with Crippen molar-refractivity contribution in [3.63, 3.8) is 0 Å². The maximum Gasteiger partial charge on any atom is 0.159 e. The second-order valence-electron chi connectivity index (χ2n) is 14.6. The van der Waals surface area contributed by atoms with Gasteiger partial charge in [0.15, 0.2) is 11.3 Å². The van der Waals surface area contributed by atoms with E-state index in [0.29, 0.717) is 16.7 Å². The number of benzene rings is 8. The average Bonchev–Trinajstić information content (AvgIpc) is 3.75. The number of aromatic nitrogens is 4. The fraction of sp³-hybridized carbons (Fsp3) is 0. The van der Waals surface area contributed by atoms with E-state index in [4.69, 9.17) is 9.98 Å². The summed E-state index contributed by atoms with van der Waals surface area (Å²) < 4.78 is 4.78. The highest BCUT2D eigenvalue weighted by molar-refractivity contribution is 6.33. The van der Waals surface area contributed by atoms with E-state index in [9.17, 15) is 5.41 Å². The maximum atomic E-state index is 9.73. The standard InChI is InChI=1S/C51H32N6/c52-50(55-51-48(53-39-22-7-8-23-40(39)54-51)33-17-12-16-32(30-33)31-14-2-1-3-15-31)38-20-6-11-26-43(38)56-44-27-13-21-36-34-18-4-9-24-41(34)57-42-25-10-5-19-35(42)37-28-29-45(56)47(46(36)44)49(37)57/h1-30H,(H2,52,54,55). The molecule has 12 rings (SSSR count). The lowest BCUT2D eigenvalue weighted by Crippen LogP contribution is -2.17. The van der Waals surface area contributed by atoms with Gasteiger partial charge < -0.3 is 14.0 Å². The number of aromatic amines is 1. The van der Waals surface area contributed by atoms with Crippen LogP contribution in [0.25, 0.3) is 99.0 Å². The summed E-state index contributed by atoms with van der Waals surface area (Å²) in [5, 5.41) is 17.0. The van der Waals surface area contributed by atoms with Gasteiger partial charge in [0, 0.05) is 38.1 Å². The van der Waals surface area contributed by atoms with Gasteiger partial charge in [-0.15, -0.1) is 0 Å². The highest BCUT2D eigenvalue weighted by atomic mass is 15.0. The Labute approximate surface area is 326 Å². The molecule has 266 valence electrons. The zero-order valence-electron chi connectivity index (χ0n) is 30.6. The summed E-state index contributed by atoms with van der Waals surface area (Å²) in [5.41, 5.74) is 13.4. The normalized spacial score (nSPS) is 12.4. The molecule has 0 aliphatic rings. The molecule has 2 N–H and O–H groups in total. The Kier molecular flexibility index (Phi) is 6.68. The van der Waals surface area contributed by atoms with Gasteiger partial charge in [-0.05, 0) is 71.1 Å². The number of nitrogens with one attached hydrogen (secondary N) is 2. The molecule has 0 fully saturated rings. The summed E-state index contributed by atoms with van der Waals surface area (Å²) in [4.78, 5) is 13.8. The Balaban J connectivity index is 1.12. The molecule has 6 nitrogen and oxygen atoms in total. The van der Waals surface area contributed by atoms with E-state index in [2.05, 4.69) is 153 Å². The summed E-state index contributed by atoms with van der Waals surface area (Å²) in [6.45, 7) is 0. The van der Waals surface area contributed by atoms with Crippen LogP contribution in [0.3, 0.4) is 0 Å². The van der Waals surface area contributed by atoms with Crippen molar-refractivity contribution < 1.29 is 0 Å². The van der Waals surface area contributed by atoms with Crippen LogP contribution in [0.15, 0.2) is 187 Å². The predicted octanol–water partition coefficient (Wildman–Crippen LogP) is 12.1. The number of para-hydroxylation sites is 5. The van der Waals surface area contributed by atoms with Crippen molar-refractivity contribution in [1.29, 1.82) is 5.41 Å².